The highest BCUT2D eigenvalue weighted by Gasteiger charge is 2.19. The summed E-state index contributed by atoms with van der Waals surface area (Å²) in [6.07, 6.45) is 0.577. The summed E-state index contributed by atoms with van der Waals surface area (Å²) in [6, 6.07) is 64.1. The molecule has 4 aromatic heterocycles. The van der Waals surface area contributed by atoms with Crippen molar-refractivity contribution in [1.29, 1.82) is 0 Å². The molecule has 0 unspecified atom stereocenters. The Labute approximate surface area is 337 Å². The standard InChI is InChI=1S/C52H32N4OS/c1-3-13-32(14-4-1)51-53-48(54-52(55-51)33-15-5-2-6-16-33)31-36-17-11-24-47-49(36)40-30-35(26-28-46(40)58-47)34-25-27-44-39(29-34)50-43(22-12-23-45(50)57-44)56-41-20-9-7-18-37(41)38-19-8-10-21-42(38)56/h1-30H,31H2. The van der Waals surface area contributed by atoms with Crippen LogP contribution >= 0.6 is 11.3 Å². The van der Waals surface area contributed by atoms with Crippen molar-refractivity contribution in [2.45, 2.75) is 6.42 Å². The van der Waals surface area contributed by atoms with Crippen molar-refractivity contribution in [2.75, 3.05) is 0 Å². The molecule has 4 heterocycles. The minimum Gasteiger partial charge on any atom is -0.456 e. The highest BCUT2D eigenvalue weighted by Crippen LogP contribution is 2.42. The van der Waals surface area contributed by atoms with Gasteiger partial charge in [0.05, 0.1) is 22.1 Å². The van der Waals surface area contributed by atoms with Gasteiger partial charge in [0.1, 0.15) is 17.0 Å². The molecule has 0 saturated heterocycles. The van der Waals surface area contributed by atoms with Crippen LogP contribution in [-0.2, 0) is 6.42 Å². The lowest BCUT2D eigenvalue weighted by Gasteiger charge is -2.10. The molecule has 12 rings (SSSR count). The van der Waals surface area contributed by atoms with E-state index in [-0.39, 0.29) is 0 Å². The summed E-state index contributed by atoms with van der Waals surface area (Å²) in [5.74, 6) is 2.10. The lowest BCUT2D eigenvalue weighted by atomic mass is 9.98. The zero-order valence-electron chi connectivity index (χ0n) is 31.1. The quantitative estimate of drug-likeness (QED) is 0.169. The minimum atomic E-state index is 0.577. The predicted octanol–water partition coefficient (Wildman–Crippen LogP) is 13.8. The molecule has 0 spiro atoms. The first-order valence-electron chi connectivity index (χ1n) is 19.5. The van der Waals surface area contributed by atoms with Crippen molar-refractivity contribution >= 4 is 75.3 Å². The lowest BCUT2D eigenvalue weighted by Crippen LogP contribution is -2.04. The molecule has 12 aromatic rings. The maximum absolute atomic E-state index is 6.54. The summed E-state index contributed by atoms with van der Waals surface area (Å²) in [5, 5.41) is 7.16. The van der Waals surface area contributed by atoms with E-state index >= 15 is 0 Å². The van der Waals surface area contributed by atoms with E-state index in [1.54, 1.807) is 0 Å². The normalized spacial score (nSPS) is 11.9. The number of rotatable bonds is 6. The zero-order chi connectivity index (χ0) is 38.2. The van der Waals surface area contributed by atoms with Crippen molar-refractivity contribution < 1.29 is 4.42 Å². The third kappa shape index (κ3) is 5.26. The van der Waals surface area contributed by atoms with E-state index in [0.29, 0.717) is 18.1 Å². The second-order valence-electron chi connectivity index (χ2n) is 14.7. The molecule has 272 valence electrons. The molecular weight excluding hydrogens is 729 g/mol. The third-order valence-corrected chi connectivity index (χ3v) is 12.4. The monoisotopic (exact) mass is 760 g/mol. The number of hydrogen-bond acceptors (Lipinski definition) is 5. The van der Waals surface area contributed by atoms with Crippen LogP contribution in [0.25, 0.3) is 104 Å². The lowest BCUT2D eigenvalue weighted by molar-refractivity contribution is 0.669. The number of furan rings is 1. The Balaban J connectivity index is 0.997. The van der Waals surface area contributed by atoms with Gasteiger partial charge in [0.2, 0.25) is 0 Å². The number of fused-ring (bicyclic) bond motifs is 9. The molecule has 0 saturated carbocycles. The molecule has 0 aliphatic carbocycles. The van der Waals surface area contributed by atoms with Gasteiger partial charge in [-0.3, -0.25) is 0 Å². The van der Waals surface area contributed by atoms with E-state index in [4.69, 9.17) is 19.4 Å². The maximum atomic E-state index is 6.54. The summed E-state index contributed by atoms with van der Waals surface area (Å²) in [5.41, 5.74) is 10.6. The van der Waals surface area contributed by atoms with Gasteiger partial charge in [-0.1, -0.05) is 127 Å². The molecule has 0 atom stereocenters. The van der Waals surface area contributed by atoms with Crippen LogP contribution in [0.3, 0.4) is 0 Å². The molecule has 0 radical (unpaired) electrons. The first-order valence-corrected chi connectivity index (χ1v) is 20.3. The van der Waals surface area contributed by atoms with Crippen LogP contribution < -0.4 is 0 Å². The second-order valence-corrected chi connectivity index (χ2v) is 15.8. The van der Waals surface area contributed by atoms with Crippen molar-refractivity contribution in [3.8, 4) is 39.6 Å². The van der Waals surface area contributed by atoms with Crippen molar-refractivity contribution in [1.82, 2.24) is 19.5 Å². The highest BCUT2D eigenvalue weighted by molar-refractivity contribution is 7.25. The molecule has 0 amide bonds. The Hall–Kier alpha value is -7.41. The van der Waals surface area contributed by atoms with Crippen molar-refractivity contribution in [3.05, 3.63) is 193 Å². The van der Waals surface area contributed by atoms with E-state index in [1.807, 2.05) is 47.7 Å². The van der Waals surface area contributed by atoms with E-state index in [1.165, 1.54) is 47.5 Å². The number of hydrogen-bond donors (Lipinski definition) is 0. The van der Waals surface area contributed by atoms with E-state index in [2.05, 4.69) is 150 Å². The second kappa shape index (κ2) is 13.1. The van der Waals surface area contributed by atoms with Gasteiger partial charge in [0.25, 0.3) is 0 Å². The smallest absolute Gasteiger partial charge is 0.163 e. The average molecular weight is 761 g/mol. The number of thiophene rings is 1. The van der Waals surface area contributed by atoms with Crippen LogP contribution in [0.1, 0.15) is 11.4 Å². The van der Waals surface area contributed by atoms with Crippen LogP contribution in [0.5, 0.6) is 0 Å². The fraction of sp³-hybridized carbons (Fsp3) is 0.0192. The average Bonchev–Trinajstić information content (AvgIpc) is 3.96. The number of benzene rings is 8. The molecule has 8 aromatic carbocycles. The molecule has 5 nitrogen and oxygen atoms in total. The largest absolute Gasteiger partial charge is 0.456 e. The topological polar surface area (TPSA) is 56.7 Å². The summed E-state index contributed by atoms with van der Waals surface area (Å²) in [4.78, 5) is 15.0. The Morgan fingerprint density at radius 2 is 1.05 bits per heavy atom. The molecular formula is C52H32N4OS. The maximum Gasteiger partial charge on any atom is 0.163 e. The van der Waals surface area contributed by atoms with Gasteiger partial charge in [0.15, 0.2) is 11.6 Å². The van der Waals surface area contributed by atoms with Crippen molar-refractivity contribution in [3.63, 3.8) is 0 Å². The first kappa shape index (κ1) is 32.8. The molecule has 6 heteroatoms. The molecule has 0 bridgehead atoms. The van der Waals surface area contributed by atoms with Crippen LogP contribution in [0.4, 0.5) is 0 Å². The summed E-state index contributed by atoms with van der Waals surface area (Å²) in [7, 11) is 0. The highest BCUT2D eigenvalue weighted by atomic mass is 32.1. The summed E-state index contributed by atoms with van der Waals surface area (Å²) in [6.45, 7) is 0. The predicted molar refractivity (Wildman–Crippen MR) is 240 cm³/mol. The van der Waals surface area contributed by atoms with Crippen molar-refractivity contribution in [2.24, 2.45) is 0 Å². The van der Waals surface area contributed by atoms with E-state index in [9.17, 15) is 0 Å². The first-order chi connectivity index (χ1) is 28.7. The van der Waals surface area contributed by atoms with Crippen LogP contribution in [0.2, 0.25) is 0 Å². The molecule has 58 heavy (non-hydrogen) atoms. The van der Waals surface area contributed by atoms with Gasteiger partial charge in [-0.15, -0.1) is 11.3 Å². The fourth-order valence-electron chi connectivity index (χ4n) is 8.68. The number of para-hydroxylation sites is 2. The van der Waals surface area contributed by atoms with Crippen LogP contribution in [0.15, 0.2) is 186 Å². The van der Waals surface area contributed by atoms with E-state index in [0.717, 1.165) is 55.7 Å². The molecule has 0 aliphatic rings. The molecule has 0 fully saturated rings. The number of aromatic nitrogens is 4. The Morgan fingerprint density at radius 3 is 1.76 bits per heavy atom. The van der Waals surface area contributed by atoms with Crippen LogP contribution in [-0.4, -0.2) is 19.5 Å². The minimum absolute atomic E-state index is 0.577. The molecule has 0 aliphatic heterocycles. The van der Waals surface area contributed by atoms with Crippen LogP contribution in [0, 0.1) is 0 Å². The van der Waals surface area contributed by atoms with E-state index < -0.39 is 0 Å². The summed E-state index contributed by atoms with van der Waals surface area (Å²) < 4.78 is 11.4. The van der Waals surface area contributed by atoms with Gasteiger partial charge >= 0.3 is 0 Å². The molecule has 0 N–H and O–H groups in total. The summed E-state index contributed by atoms with van der Waals surface area (Å²) >= 11 is 1.83. The third-order valence-electron chi connectivity index (χ3n) is 11.3. The Kier molecular flexibility index (Phi) is 7.40. The zero-order valence-corrected chi connectivity index (χ0v) is 31.9. The Morgan fingerprint density at radius 1 is 0.431 bits per heavy atom. The van der Waals surface area contributed by atoms with Gasteiger partial charge in [-0.05, 0) is 71.3 Å². The van der Waals surface area contributed by atoms with Gasteiger partial charge < -0.3 is 8.98 Å². The Bertz CT molecular complexity index is 3440. The van der Waals surface area contributed by atoms with Gasteiger partial charge in [-0.2, -0.15) is 0 Å². The van der Waals surface area contributed by atoms with Gasteiger partial charge in [-0.25, -0.2) is 15.0 Å². The van der Waals surface area contributed by atoms with Gasteiger partial charge in [0, 0.05) is 53.9 Å². The number of nitrogens with zero attached hydrogens (tertiary/aromatic N) is 4. The fourth-order valence-corrected chi connectivity index (χ4v) is 9.82. The SMILES string of the molecule is c1ccc(-c2nc(Cc3cccc4sc5ccc(-c6ccc7oc8cccc(-n9c%10ccccc%10c%10ccccc%109)c8c7c6)cc5c34)nc(-c3ccccc3)n2)cc1.